The second kappa shape index (κ2) is 4.77. The monoisotopic (exact) mass is 271 g/mol. The predicted octanol–water partition coefficient (Wildman–Crippen LogP) is 0.261. The van der Waals surface area contributed by atoms with Crippen molar-refractivity contribution in [3.8, 4) is 0 Å². The van der Waals surface area contributed by atoms with Crippen LogP contribution >= 0.6 is 0 Å². The molecule has 0 aliphatic heterocycles. The Bertz CT molecular complexity index is 619. The van der Waals surface area contributed by atoms with Gasteiger partial charge in [-0.2, -0.15) is 0 Å². The van der Waals surface area contributed by atoms with Crippen LogP contribution in [-0.4, -0.2) is 31.2 Å². The Hall–Kier alpha value is -1.89. The number of carboxylic acid groups (broad SMARTS) is 1. The first-order chi connectivity index (χ1) is 8.15. The number of aryl methyl sites for hydroxylation is 1. The quantitative estimate of drug-likeness (QED) is 0.815. The van der Waals surface area contributed by atoms with E-state index in [-0.39, 0.29) is 10.5 Å². The summed E-state index contributed by atoms with van der Waals surface area (Å²) >= 11 is 0. The van der Waals surface area contributed by atoms with Gasteiger partial charge in [0.15, 0.2) is 9.84 Å². The van der Waals surface area contributed by atoms with Crippen LogP contribution < -0.4 is 5.73 Å². The fourth-order valence-corrected chi connectivity index (χ4v) is 3.00. The summed E-state index contributed by atoms with van der Waals surface area (Å²) in [5.41, 5.74) is 5.67. The fourth-order valence-electron chi connectivity index (χ4n) is 1.54. The molecule has 0 heterocycles. The molecular weight excluding hydrogens is 258 g/mol. The SMILES string of the molecule is Cc1cc(C(=O)O)cc(S(=O)(=O)CC(N)=O)c1C. The van der Waals surface area contributed by atoms with Crippen LogP contribution in [0.4, 0.5) is 0 Å². The van der Waals surface area contributed by atoms with Gasteiger partial charge < -0.3 is 10.8 Å². The van der Waals surface area contributed by atoms with E-state index in [1.165, 1.54) is 6.07 Å². The molecule has 1 aromatic rings. The van der Waals surface area contributed by atoms with Gasteiger partial charge in [-0.05, 0) is 37.1 Å². The van der Waals surface area contributed by atoms with Crippen molar-refractivity contribution in [1.29, 1.82) is 0 Å². The maximum atomic E-state index is 11.9. The number of rotatable bonds is 4. The molecule has 1 rings (SSSR count). The second-order valence-corrected chi connectivity index (χ2v) is 5.90. The average Bonchev–Trinajstić information content (AvgIpc) is 2.19. The molecule has 0 bridgehead atoms. The first-order valence-electron chi connectivity index (χ1n) is 5.00. The molecule has 1 amide bonds. The summed E-state index contributed by atoms with van der Waals surface area (Å²) in [6.07, 6.45) is 0. The molecule has 6 nitrogen and oxygen atoms in total. The summed E-state index contributed by atoms with van der Waals surface area (Å²) in [5.74, 6) is -3.04. The van der Waals surface area contributed by atoms with Gasteiger partial charge in [0.2, 0.25) is 5.91 Å². The summed E-state index contributed by atoms with van der Waals surface area (Å²) < 4.78 is 23.8. The maximum Gasteiger partial charge on any atom is 0.335 e. The van der Waals surface area contributed by atoms with Crippen LogP contribution in [0.5, 0.6) is 0 Å². The van der Waals surface area contributed by atoms with Crippen molar-refractivity contribution in [2.45, 2.75) is 18.7 Å². The van der Waals surface area contributed by atoms with Gasteiger partial charge in [0, 0.05) is 0 Å². The molecule has 0 aromatic heterocycles. The Morgan fingerprint density at radius 1 is 1.28 bits per heavy atom. The van der Waals surface area contributed by atoms with Gasteiger partial charge in [-0.25, -0.2) is 13.2 Å². The van der Waals surface area contributed by atoms with E-state index in [2.05, 4.69) is 0 Å². The molecule has 1 aromatic carbocycles. The van der Waals surface area contributed by atoms with Crippen molar-refractivity contribution < 1.29 is 23.1 Å². The lowest BCUT2D eigenvalue weighted by Crippen LogP contribution is -2.24. The maximum absolute atomic E-state index is 11.9. The predicted molar refractivity (Wildman–Crippen MR) is 64.1 cm³/mol. The molecule has 0 unspecified atom stereocenters. The van der Waals surface area contributed by atoms with Gasteiger partial charge in [-0.3, -0.25) is 4.79 Å². The Morgan fingerprint density at radius 2 is 1.83 bits per heavy atom. The van der Waals surface area contributed by atoms with E-state index in [4.69, 9.17) is 10.8 Å². The number of sulfone groups is 1. The first-order valence-corrected chi connectivity index (χ1v) is 6.66. The van der Waals surface area contributed by atoms with Crippen LogP contribution in [0, 0.1) is 13.8 Å². The van der Waals surface area contributed by atoms with Crippen LogP contribution in [-0.2, 0) is 14.6 Å². The van der Waals surface area contributed by atoms with Crippen molar-refractivity contribution in [3.05, 3.63) is 28.8 Å². The van der Waals surface area contributed by atoms with Crippen molar-refractivity contribution >= 4 is 21.7 Å². The summed E-state index contributed by atoms with van der Waals surface area (Å²) in [6.45, 7) is 3.15. The van der Waals surface area contributed by atoms with Gasteiger partial charge in [0.1, 0.15) is 5.75 Å². The number of benzene rings is 1. The van der Waals surface area contributed by atoms with Crippen molar-refractivity contribution in [3.63, 3.8) is 0 Å². The number of carbonyl (C=O) groups excluding carboxylic acids is 1. The van der Waals surface area contributed by atoms with E-state index >= 15 is 0 Å². The van der Waals surface area contributed by atoms with Crippen molar-refractivity contribution in [1.82, 2.24) is 0 Å². The number of hydrogen-bond donors (Lipinski definition) is 2. The third-order valence-corrected chi connectivity index (χ3v) is 4.29. The lowest BCUT2D eigenvalue weighted by Gasteiger charge is -2.10. The molecule has 98 valence electrons. The standard InChI is InChI=1S/C11H13NO5S/c1-6-3-8(11(14)15)4-9(7(6)2)18(16,17)5-10(12)13/h3-4H,5H2,1-2H3,(H2,12,13)(H,14,15). The molecule has 0 fully saturated rings. The summed E-state index contributed by atoms with van der Waals surface area (Å²) in [4.78, 5) is 21.4. The highest BCUT2D eigenvalue weighted by atomic mass is 32.2. The van der Waals surface area contributed by atoms with E-state index in [1.54, 1.807) is 13.8 Å². The van der Waals surface area contributed by atoms with Gasteiger partial charge in [-0.1, -0.05) is 0 Å². The zero-order valence-corrected chi connectivity index (χ0v) is 10.7. The van der Waals surface area contributed by atoms with Crippen molar-refractivity contribution in [2.75, 3.05) is 5.75 Å². The normalized spacial score (nSPS) is 11.2. The summed E-state index contributed by atoms with van der Waals surface area (Å²) in [5, 5.41) is 8.89. The van der Waals surface area contributed by atoms with Gasteiger partial charge >= 0.3 is 5.97 Å². The number of primary amides is 1. The molecule has 0 radical (unpaired) electrons. The molecular formula is C11H13NO5S. The second-order valence-electron chi connectivity index (χ2n) is 3.95. The van der Waals surface area contributed by atoms with E-state index in [0.717, 1.165) is 6.07 Å². The highest BCUT2D eigenvalue weighted by Gasteiger charge is 2.22. The van der Waals surface area contributed by atoms with Crippen LogP contribution in [0.15, 0.2) is 17.0 Å². The van der Waals surface area contributed by atoms with Crippen LogP contribution in [0.1, 0.15) is 21.5 Å². The summed E-state index contributed by atoms with van der Waals surface area (Å²) in [7, 11) is -3.91. The number of carbonyl (C=O) groups is 2. The van der Waals surface area contributed by atoms with E-state index in [1.807, 2.05) is 0 Å². The minimum Gasteiger partial charge on any atom is -0.478 e. The minimum absolute atomic E-state index is 0.138. The van der Waals surface area contributed by atoms with Crippen molar-refractivity contribution in [2.24, 2.45) is 5.73 Å². The fraction of sp³-hybridized carbons (Fsp3) is 0.273. The summed E-state index contributed by atoms with van der Waals surface area (Å²) in [6, 6.07) is 2.42. The molecule has 0 aliphatic carbocycles. The van der Waals surface area contributed by atoms with E-state index in [0.29, 0.717) is 11.1 Å². The minimum atomic E-state index is -3.91. The number of hydrogen-bond acceptors (Lipinski definition) is 4. The molecule has 18 heavy (non-hydrogen) atoms. The Labute approximate surface area is 104 Å². The number of aromatic carboxylic acids is 1. The Morgan fingerprint density at radius 3 is 2.28 bits per heavy atom. The van der Waals surface area contributed by atoms with Gasteiger partial charge in [0.25, 0.3) is 0 Å². The molecule has 0 saturated heterocycles. The first kappa shape index (κ1) is 14.2. The zero-order valence-electron chi connectivity index (χ0n) is 9.93. The smallest absolute Gasteiger partial charge is 0.335 e. The zero-order chi connectivity index (χ0) is 14.1. The lowest BCUT2D eigenvalue weighted by atomic mass is 10.1. The van der Waals surface area contributed by atoms with Crippen LogP contribution in [0.25, 0.3) is 0 Å². The molecule has 3 N–H and O–H groups in total. The molecule has 0 spiro atoms. The largest absolute Gasteiger partial charge is 0.478 e. The number of carboxylic acids is 1. The molecule has 7 heteroatoms. The molecule has 0 atom stereocenters. The van der Waals surface area contributed by atoms with Crippen LogP contribution in [0.3, 0.4) is 0 Å². The van der Waals surface area contributed by atoms with Gasteiger partial charge in [0.05, 0.1) is 10.5 Å². The highest BCUT2D eigenvalue weighted by Crippen LogP contribution is 2.22. The van der Waals surface area contributed by atoms with Crippen LogP contribution in [0.2, 0.25) is 0 Å². The molecule has 0 saturated carbocycles. The number of amides is 1. The van der Waals surface area contributed by atoms with E-state index in [9.17, 15) is 18.0 Å². The Balaban J connectivity index is 3.49. The van der Waals surface area contributed by atoms with E-state index < -0.39 is 27.5 Å². The number of nitrogens with two attached hydrogens (primary N) is 1. The third kappa shape index (κ3) is 2.86. The average molecular weight is 271 g/mol. The highest BCUT2D eigenvalue weighted by molar-refractivity contribution is 7.92. The third-order valence-electron chi connectivity index (χ3n) is 2.53. The molecule has 0 aliphatic rings. The Kier molecular flexibility index (Phi) is 3.76. The topological polar surface area (TPSA) is 115 Å². The lowest BCUT2D eigenvalue weighted by molar-refractivity contribution is -0.115. The van der Waals surface area contributed by atoms with Gasteiger partial charge in [-0.15, -0.1) is 0 Å².